The first-order chi connectivity index (χ1) is 10.4. The van der Waals surface area contributed by atoms with Crippen LogP contribution >= 0.6 is 11.3 Å². The fraction of sp³-hybridized carbons (Fsp3) is 0.200. The molecular formula is C15H13NO5S. The van der Waals surface area contributed by atoms with Crippen molar-refractivity contribution in [2.75, 3.05) is 6.61 Å². The summed E-state index contributed by atoms with van der Waals surface area (Å²) in [4.78, 5) is 35.4. The van der Waals surface area contributed by atoms with Crippen molar-refractivity contribution in [2.24, 2.45) is 0 Å². The number of hydrogen-bond donors (Lipinski definition) is 0. The molecule has 0 amide bonds. The molecule has 114 valence electrons. The molecule has 0 unspecified atom stereocenters. The van der Waals surface area contributed by atoms with Crippen LogP contribution in [0.1, 0.15) is 30.5 Å². The van der Waals surface area contributed by atoms with Gasteiger partial charge in [0.05, 0.1) is 4.92 Å². The number of ether oxygens (including phenoxy) is 1. The zero-order valence-electron chi connectivity index (χ0n) is 12.0. The van der Waals surface area contributed by atoms with Crippen molar-refractivity contribution < 1.29 is 19.2 Å². The van der Waals surface area contributed by atoms with Gasteiger partial charge in [0.1, 0.15) is 4.88 Å². The number of Topliss-reactive ketones (excluding diaryl/α,β-unsaturated/α-hetero) is 1. The Kier molecular flexibility index (Phi) is 4.67. The molecule has 0 saturated heterocycles. The Balaban J connectivity index is 2.05. The average molecular weight is 319 g/mol. The van der Waals surface area contributed by atoms with Crippen molar-refractivity contribution in [2.45, 2.75) is 13.8 Å². The first kappa shape index (κ1) is 15.8. The van der Waals surface area contributed by atoms with E-state index in [0.717, 1.165) is 4.88 Å². The Morgan fingerprint density at radius 3 is 2.55 bits per heavy atom. The lowest BCUT2D eigenvalue weighted by Crippen LogP contribution is -2.13. The van der Waals surface area contributed by atoms with Gasteiger partial charge in [0, 0.05) is 22.1 Å². The predicted octanol–water partition coefficient (Wildman–Crippen LogP) is 3.31. The molecule has 0 bridgehead atoms. The summed E-state index contributed by atoms with van der Waals surface area (Å²) < 4.78 is 4.94. The summed E-state index contributed by atoms with van der Waals surface area (Å²) in [7, 11) is 0. The van der Waals surface area contributed by atoms with Gasteiger partial charge in [-0.3, -0.25) is 14.9 Å². The van der Waals surface area contributed by atoms with Crippen LogP contribution in [0.2, 0.25) is 0 Å². The quantitative estimate of drug-likeness (QED) is 0.365. The number of nitrogens with zero attached hydrogens (tertiary/aromatic N) is 1. The first-order valence-electron chi connectivity index (χ1n) is 6.40. The zero-order valence-corrected chi connectivity index (χ0v) is 12.8. The summed E-state index contributed by atoms with van der Waals surface area (Å²) in [6, 6.07) is 7.58. The zero-order chi connectivity index (χ0) is 16.3. The lowest BCUT2D eigenvalue weighted by molar-refractivity contribution is -0.385. The standard InChI is InChI=1S/C15H13NO5S/c1-9-3-5-11(7-12(9)16(19)20)13(17)8-21-15(18)14-6-4-10(2)22-14/h3-7H,8H2,1-2H3. The molecule has 6 nitrogen and oxygen atoms in total. The third kappa shape index (κ3) is 3.56. The van der Waals surface area contributed by atoms with Gasteiger partial charge in [0.2, 0.25) is 5.78 Å². The summed E-state index contributed by atoms with van der Waals surface area (Å²) in [6.07, 6.45) is 0. The maximum Gasteiger partial charge on any atom is 0.348 e. The van der Waals surface area contributed by atoms with Gasteiger partial charge in [0.15, 0.2) is 6.61 Å². The molecule has 0 saturated carbocycles. The normalized spacial score (nSPS) is 10.3. The maximum atomic E-state index is 12.0. The molecule has 1 heterocycles. The summed E-state index contributed by atoms with van der Waals surface area (Å²) in [5.74, 6) is -1.06. The van der Waals surface area contributed by atoms with Gasteiger partial charge in [-0.25, -0.2) is 4.79 Å². The number of benzene rings is 1. The molecule has 0 aliphatic carbocycles. The van der Waals surface area contributed by atoms with Gasteiger partial charge in [-0.1, -0.05) is 12.1 Å². The van der Waals surface area contributed by atoms with Crippen LogP contribution in [0.15, 0.2) is 30.3 Å². The van der Waals surface area contributed by atoms with Crippen molar-refractivity contribution >= 4 is 28.8 Å². The molecule has 0 radical (unpaired) electrons. The van der Waals surface area contributed by atoms with Gasteiger partial charge in [0.25, 0.3) is 5.69 Å². The number of esters is 1. The highest BCUT2D eigenvalue weighted by molar-refractivity contribution is 7.13. The SMILES string of the molecule is Cc1ccc(C(=O)OCC(=O)c2ccc(C)c([N+](=O)[O-])c2)s1. The molecule has 2 aromatic rings. The Morgan fingerprint density at radius 1 is 1.23 bits per heavy atom. The molecule has 0 aliphatic heterocycles. The Labute approximate surface area is 130 Å². The Morgan fingerprint density at radius 2 is 1.95 bits per heavy atom. The number of nitro groups is 1. The minimum Gasteiger partial charge on any atom is -0.453 e. The van der Waals surface area contributed by atoms with Crippen LogP contribution in [0.4, 0.5) is 5.69 Å². The van der Waals surface area contributed by atoms with Gasteiger partial charge in [-0.05, 0) is 26.0 Å². The monoisotopic (exact) mass is 319 g/mol. The number of hydrogen-bond acceptors (Lipinski definition) is 6. The molecule has 0 aliphatic rings. The van der Waals surface area contributed by atoms with Gasteiger partial charge in [-0.2, -0.15) is 0 Å². The van der Waals surface area contributed by atoms with Crippen LogP contribution in [0.25, 0.3) is 0 Å². The van der Waals surface area contributed by atoms with E-state index in [9.17, 15) is 19.7 Å². The molecule has 1 aromatic carbocycles. The van der Waals surface area contributed by atoms with Crippen LogP contribution in [0, 0.1) is 24.0 Å². The van der Waals surface area contributed by atoms with Gasteiger partial charge in [-0.15, -0.1) is 11.3 Å². The molecule has 7 heteroatoms. The van der Waals surface area contributed by atoms with E-state index in [4.69, 9.17) is 4.74 Å². The summed E-state index contributed by atoms with van der Waals surface area (Å²) in [5.41, 5.74) is 0.478. The van der Waals surface area contributed by atoms with Crippen molar-refractivity contribution in [1.82, 2.24) is 0 Å². The maximum absolute atomic E-state index is 12.0. The summed E-state index contributed by atoms with van der Waals surface area (Å²) in [5, 5.41) is 10.9. The second kappa shape index (κ2) is 6.48. The van der Waals surface area contributed by atoms with E-state index >= 15 is 0 Å². The number of carbonyl (C=O) groups is 2. The van der Waals surface area contributed by atoms with E-state index in [0.29, 0.717) is 10.4 Å². The molecule has 1 aromatic heterocycles. The minimum atomic E-state index is -0.576. The Hall–Kier alpha value is -2.54. The summed E-state index contributed by atoms with van der Waals surface area (Å²) in [6.45, 7) is 3.00. The fourth-order valence-corrected chi connectivity index (χ4v) is 2.57. The van der Waals surface area contributed by atoms with E-state index in [2.05, 4.69) is 0 Å². The van der Waals surface area contributed by atoms with Crippen LogP contribution in [-0.2, 0) is 4.74 Å². The minimum absolute atomic E-state index is 0.133. The molecular weight excluding hydrogens is 306 g/mol. The summed E-state index contributed by atoms with van der Waals surface area (Å²) >= 11 is 1.28. The highest BCUT2D eigenvalue weighted by Crippen LogP contribution is 2.20. The van der Waals surface area contributed by atoms with E-state index in [1.165, 1.54) is 29.5 Å². The second-order valence-electron chi connectivity index (χ2n) is 4.67. The fourth-order valence-electron chi connectivity index (χ4n) is 1.81. The molecule has 0 N–H and O–H groups in total. The molecule has 0 spiro atoms. The number of ketones is 1. The molecule has 0 fully saturated rings. The number of carbonyl (C=O) groups excluding carboxylic acids is 2. The van der Waals surface area contributed by atoms with E-state index in [-0.39, 0.29) is 11.3 Å². The van der Waals surface area contributed by atoms with E-state index < -0.39 is 23.3 Å². The van der Waals surface area contributed by atoms with Gasteiger partial charge >= 0.3 is 5.97 Å². The topological polar surface area (TPSA) is 86.5 Å². The largest absolute Gasteiger partial charge is 0.453 e. The number of aryl methyl sites for hydroxylation is 2. The highest BCUT2D eigenvalue weighted by Gasteiger charge is 2.17. The lowest BCUT2D eigenvalue weighted by atomic mass is 10.1. The Bertz CT molecular complexity index is 750. The van der Waals surface area contributed by atoms with Crippen molar-refractivity contribution in [3.05, 3.63) is 61.3 Å². The predicted molar refractivity (Wildman–Crippen MR) is 81.5 cm³/mol. The van der Waals surface area contributed by atoms with E-state index in [1.54, 1.807) is 19.1 Å². The first-order valence-corrected chi connectivity index (χ1v) is 7.22. The van der Waals surface area contributed by atoms with Crippen LogP contribution < -0.4 is 0 Å². The number of thiophene rings is 1. The smallest absolute Gasteiger partial charge is 0.348 e. The highest BCUT2D eigenvalue weighted by atomic mass is 32.1. The van der Waals surface area contributed by atoms with Gasteiger partial charge < -0.3 is 4.74 Å². The van der Waals surface area contributed by atoms with Crippen LogP contribution in [-0.4, -0.2) is 23.3 Å². The lowest BCUT2D eigenvalue weighted by Gasteiger charge is -2.04. The third-order valence-electron chi connectivity index (χ3n) is 3.00. The molecule has 0 atom stereocenters. The number of nitro benzene ring substituents is 1. The van der Waals surface area contributed by atoms with Crippen LogP contribution in [0.3, 0.4) is 0 Å². The van der Waals surface area contributed by atoms with Crippen LogP contribution in [0.5, 0.6) is 0 Å². The molecule has 22 heavy (non-hydrogen) atoms. The van der Waals surface area contributed by atoms with Crippen molar-refractivity contribution in [3.8, 4) is 0 Å². The van der Waals surface area contributed by atoms with Crippen molar-refractivity contribution in [3.63, 3.8) is 0 Å². The third-order valence-corrected chi connectivity index (χ3v) is 3.98. The van der Waals surface area contributed by atoms with E-state index in [1.807, 2.05) is 6.92 Å². The molecule has 2 rings (SSSR count). The van der Waals surface area contributed by atoms with Crippen molar-refractivity contribution in [1.29, 1.82) is 0 Å². The average Bonchev–Trinajstić information content (AvgIpc) is 2.91. The number of rotatable bonds is 5. The second-order valence-corrected chi connectivity index (χ2v) is 5.96.